The molecule has 0 bridgehead atoms. The van der Waals surface area contributed by atoms with E-state index in [-0.39, 0.29) is 17.1 Å². The smallest absolute Gasteiger partial charge is 0.424 e. The first-order chi connectivity index (χ1) is 16.2. The molecule has 12 nitrogen and oxygen atoms in total. The van der Waals surface area contributed by atoms with Crippen LogP contribution in [0.5, 0.6) is 5.75 Å². The van der Waals surface area contributed by atoms with Gasteiger partial charge in [0.2, 0.25) is 5.95 Å². The van der Waals surface area contributed by atoms with Crippen LogP contribution in [0.25, 0.3) is 11.0 Å². The number of carboxylic acid groups (broad SMARTS) is 2. The number of ether oxygens (including phenoxy) is 1. The zero-order chi connectivity index (χ0) is 24.4. The Bertz CT molecular complexity index is 1340. The van der Waals surface area contributed by atoms with E-state index in [0.29, 0.717) is 33.3 Å². The summed E-state index contributed by atoms with van der Waals surface area (Å²) in [5, 5.41) is 35.5. The van der Waals surface area contributed by atoms with Gasteiger partial charge in [-0.1, -0.05) is 0 Å². The Morgan fingerprint density at radius 2 is 1.97 bits per heavy atom. The van der Waals surface area contributed by atoms with Crippen molar-refractivity contribution in [3.05, 3.63) is 28.7 Å². The zero-order valence-corrected chi connectivity index (χ0v) is 19.5. The second-order valence-corrected chi connectivity index (χ2v) is 9.47. The summed E-state index contributed by atoms with van der Waals surface area (Å²) in [5.41, 5.74) is 2.79. The number of nitrogens with zero attached hydrogens (tertiary/aromatic N) is 6. The summed E-state index contributed by atoms with van der Waals surface area (Å²) in [4.78, 5) is 36.4. The topological polar surface area (TPSA) is 164 Å². The lowest BCUT2D eigenvalue weighted by atomic mass is 9.94. The Labute approximate surface area is 197 Å². The second kappa shape index (κ2) is 7.81. The first-order valence-electron chi connectivity index (χ1n) is 10.5. The number of thioether (sulfide) groups is 1. The van der Waals surface area contributed by atoms with Crippen LogP contribution in [0.1, 0.15) is 35.4 Å². The molecule has 5 rings (SSSR count). The van der Waals surface area contributed by atoms with E-state index in [1.165, 1.54) is 11.8 Å². The maximum absolute atomic E-state index is 11.6. The van der Waals surface area contributed by atoms with Gasteiger partial charge < -0.3 is 20.1 Å². The SMILES string of the molecule is COc1c(C)cnc(Cn2nc3c4c(nc(N(C(=O)O)C(=O)O)nc42)SCC(O)C32CC2)c1C. The Balaban J connectivity index is 1.74. The lowest BCUT2D eigenvalue weighted by Crippen LogP contribution is -2.36. The Morgan fingerprint density at radius 3 is 2.59 bits per heavy atom. The maximum Gasteiger partial charge on any atom is 0.424 e. The molecule has 0 saturated heterocycles. The van der Waals surface area contributed by atoms with Gasteiger partial charge in [-0.3, -0.25) is 4.98 Å². The Hall–Kier alpha value is -3.45. The molecule has 178 valence electrons. The number of aliphatic hydroxyl groups excluding tert-OH is 1. The van der Waals surface area contributed by atoms with E-state index in [1.54, 1.807) is 18.0 Å². The minimum absolute atomic E-state index is 0.0696. The van der Waals surface area contributed by atoms with Gasteiger partial charge in [-0.15, -0.1) is 16.7 Å². The van der Waals surface area contributed by atoms with Crippen LogP contribution in [0.3, 0.4) is 0 Å². The molecule has 1 fully saturated rings. The minimum atomic E-state index is -1.72. The van der Waals surface area contributed by atoms with Gasteiger partial charge in [-0.05, 0) is 26.7 Å². The molecule has 3 N–H and O–H groups in total. The number of fused-ring (bicyclic) bond motifs is 1. The van der Waals surface area contributed by atoms with Crippen molar-refractivity contribution in [3.63, 3.8) is 0 Å². The van der Waals surface area contributed by atoms with Crippen LogP contribution in [0.2, 0.25) is 0 Å². The third-order valence-electron chi connectivity index (χ3n) is 6.45. The number of amides is 2. The minimum Gasteiger partial charge on any atom is -0.496 e. The van der Waals surface area contributed by atoms with Gasteiger partial charge in [-0.25, -0.2) is 19.3 Å². The quantitative estimate of drug-likeness (QED) is 0.464. The van der Waals surface area contributed by atoms with Gasteiger partial charge in [0.15, 0.2) is 5.65 Å². The second-order valence-electron chi connectivity index (χ2n) is 8.46. The van der Waals surface area contributed by atoms with E-state index in [9.17, 15) is 24.9 Å². The average molecular weight is 487 g/mol. The zero-order valence-electron chi connectivity index (χ0n) is 18.6. The van der Waals surface area contributed by atoms with Crippen LogP contribution in [-0.4, -0.2) is 71.2 Å². The molecular formula is C21H22N6O6S. The Morgan fingerprint density at radius 1 is 1.26 bits per heavy atom. The van der Waals surface area contributed by atoms with E-state index in [1.807, 2.05) is 13.8 Å². The number of anilines is 1. The lowest BCUT2D eigenvalue weighted by Gasteiger charge is -2.17. The predicted molar refractivity (Wildman–Crippen MR) is 121 cm³/mol. The highest BCUT2D eigenvalue weighted by molar-refractivity contribution is 7.99. The molecule has 1 unspecified atom stereocenters. The molecule has 1 saturated carbocycles. The summed E-state index contributed by atoms with van der Waals surface area (Å²) in [7, 11) is 1.58. The van der Waals surface area contributed by atoms with E-state index in [2.05, 4.69) is 15.0 Å². The fraction of sp³-hybridized carbons (Fsp3) is 0.429. The highest BCUT2D eigenvalue weighted by Crippen LogP contribution is 2.56. The van der Waals surface area contributed by atoms with E-state index in [0.717, 1.165) is 24.0 Å². The number of imide groups is 1. The number of pyridine rings is 1. The maximum atomic E-state index is 11.6. The van der Waals surface area contributed by atoms with Gasteiger partial charge in [0.05, 0.1) is 36.5 Å². The summed E-state index contributed by atoms with van der Waals surface area (Å²) >= 11 is 1.24. The molecular weight excluding hydrogens is 464 g/mol. The van der Waals surface area contributed by atoms with Crippen LogP contribution in [0.15, 0.2) is 11.2 Å². The number of methoxy groups -OCH3 is 1. The standard InChI is InChI=1S/C21H22N6O6S/c1-9-6-22-11(10(2)14(9)33-3)7-26-16-13-15(25-26)21(4-5-21)12(28)8-34-17(13)24-18(23-16)27(19(29)30)20(31)32/h6,12,28H,4-5,7-8H2,1-3H3,(H,29,30)(H,31,32). The number of hydrogen-bond acceptors (Lipinski definition) is 9. The van der Waals surface area contributed by atoms with Crippen molar-refractivity contribution in [1.82, 2.24) is 24.7 Å². The molecule has 1 atom stereocenters. The number of aryl methyl sites for hydroxylation is 1. The molecule has 2 aliphatic rings. The molecule has 1 aliphatic carbocycles. The van der Waals surface area contributed by atoms with Crippen LogP contribution in [0.4, 0.5) is 15.5 Å². The molecule has 3 aromatic heterocycles. The molecule has 4 heterocycles. The van der Waals surface area contributed by atoms with E-state index >= 15 is 0 Å². The number of carbonyl (C=O) groups is 2. The fourth-order valence-corrected chi connectivity index (χ4v) is 5.61. The molecule has 13 heteroatoms. The van der Waals surface area contributed by atoms with E-state index in [4.69, 9.17) is 9.84 Å². The summed E-state index contributed by atoms with van der Waals surface area (Å²) in [5.74, 6) is 0.541. The third-order valence-corrected chi connectivity index (χ3v) is 7.51. The van der Waals surface area contributed by atoms with Crippen molar-refractivity contribution in [2.75, 3.05) is 17.8 Å². The van der Waals surface area contributed by atoms with Crippen LogP contribution in [-0.2, 0) is 12.0 Å². The van der Waals surface area contributed by atoms with E-state index < -0.39 is 29.7 Å². The van der Waals surface area contributed by atoms with Gasteiger partial charge in [0.1, 0.15) is 10.8 Å². The molecule has 34 heavy (non-hydrogen) atoms. The van der Waals surface area contributed by atoms with Crippen molar-refractivity contribution >= 4 is 40.9 Å². The highest BCUT2D eigenvalue weighted by atomic mass is 32.2. The summed E-state index contributed by atoms with van der Waals surface area (Å²) in [6.07, 6.45) is -0.897. The summed E-state index contributed by atoms with van der Waals surface area (Å²) in [6, 6.07) is 0. The van der Waals surface area contributed by atoms with Crippen molar-refractivity contribution in [1.29, 1.82) is 0 Å². The van der Waals surface area contributed by atoms with Gasteiger partial charge in [0.25, 0.3) is 0 Å². The monoisotopic (exact) mass is 486 g/mol. The number of aromatic nitrogens is 5. The molecule has 2 amide bonds. The molecule has 1 spiro atoms. The number of aliphatic hydroxyl groups is 1. The third kappa shape index (κ3) is 3.26. The van der Waals surface area contributed by atoms with Crippen molar-refractivity contribution in [2.45, 2.75) is 49.8 Å². The summed E-state index contributed by atoms with van der Waals surface area (Å²) in [6.45, 7) is 3.96. The van der Waals surface area contributed by atoms with Gasteiger partial charge in [-0.2, -0.15) is 10.1 Å². The van der Waals surface area contributed by atoms with Gasteiger partial charge >= 0.3 is 12.2 Å². The van der Waals surface area contributed by atoms with Crippen molar-refractivity contribution < 1.29 is 29.6 Å². The largest absolute Gasteiger partial charge is 0.496 e. The Kier molecular flexibility index (Phi) is 5.13. The number of hydrogen-bond donors (Lipinski definition) is 3. The lowest BCUT2D eigenvalue weighted by molar-refractivity contribution is 0.154. The van der Waals surface area contributed by atoms with Crippen LogP contribution < -0.4 is 9.64 Å². The first kappa shape index (κ1) is 22.3. The van der Waals surface area contributed by atoms with Gasteiger partial charge in [0, 0.05) is 28.5 Å². The first-order valence-corrected chi connectivity index (χ1v) is 11.5. The normalized spacial score (nSPS) is 18.1. The van der Waals surface area contributed by atoms with Crippen LogP contribution in [0, 0.1) is 13.8 Å². The molecule has 0 aromatic carbocycles. The van der Waals surface area contributed by atoms with Crippen molar-refractivity contribution in [2.24, 2.45) is 0 Å². The molecule has 0 radical (unpaired) electrons. The fourth-order valence-electron chi connectivity index (χ4n) is 4.50. The molecule has 1 aliphatic heterocycles. The van der Waals surface area contributed by atoms with Crippen molar-refractivity contribution in [3.8, 4) is 5.75 Å². The predicted octanol–water partition coefficient (Wildman–Crippen LogP) is 2.56. The number of rotatable bonds is 4. The summed E-state index contributed by atoms with van der Waals surface area (Å²) < 4.78 is 7.08. The van der Waals surface area contributed by atoms with Crippen LogP contribution >= 0.6 is 11.8 Å². The highest BCUT2D eigenvalue weighted by Gasteiger charge is 2.55. The molecule has 3 aromatic rings. The average Bonchev–Trinajstić information content (AvgIpc) is 3.52.